The summed E-state index contributed by atoms with van der Waals surface area (Å²) in [5.41, 5.74) is 1.24. The summed E-state index contributed by atoms with van der Waals surface area (Å²) in [6.45, 7) is 3.46. The molecule has 2 aromatic carbocycles. The topological polar surface area (TPSA) is 120 Å². The summed E-state index contributed by atoms with van der Waals surface area (Å²) in [6.07, 6.45) is 0. The third kappa shape index (κ3) is 4.27. The normalized spacial score (nSPS) is 10.4. The minimum absolute atomic E-state index is 0.0392. The number of hydrogen-bond acceptors (Lipinski definition) is 7. The quantitative estimate of drug-likeness (QED) is 0.522. The van der Waals surface area contributed by atoms with Gasteiger partial charge in [-0.3, -0.25) is 14.9 Å². The van der Waals surface area contributed by atoms with Gasteiger partial charge < -0.3 is 14.6 Å². The average Bonchev–Trinajstić information content (AvgIpc) is 3.07. The predicted octanol–water partition coefficient (Wildman–Crippen LogP) is 3.43. The molecule has 0 saturated heterocycles. The van der Waals surface area contributed by atoms with Crippen molar-refractivity contribution < 1.29 is 19.0 Å². The highest BCUT2D eigenvalue weighted by Gasteiger charge is 2.16. The number of anilines is 1. The molecule has 3 aromatic rings. The minimum atomic E-state index is -0.515. The zero-order valence-corrected chi connectivity index (χ0v) is 14.6. The number of nitro groups is 1. The van der Waals surface area contributed by atoms with E-state index in [2.05, 4.69) is 15.5 Å². The number of ether oxygens (including phenoxy) is 1. The van der Waals surface area contributed by atoms with Gasteiger partial charge in [-0.1, -0.05) is 23.4 Å². The highest BCUT2D eigenvalue weighted by molar-refractivity contribution is 6.06. The minimum Gasteiger partial charge on any atom is -0.485 e. The molecule has 0 aliphatic heterocycles. The number of aromatic nitrogens is 2. The Labute approximate surface area is 154 Å². The SMILES string of the molecule is Cc1nc(COc2ccccc2C(=O)Nc2cc([N+](=O)[O-])ccc2C)no1. The van der Waals surface area contributed by atoms with Crippen LogP contribution in [0.3, 0.4) is 0 Å². The van der Waals surface area contributed by atoms with Gasteiger partial charge in [0, 0.05) is 19.1 Å². The molecule has 27 heavy (non-hydrogen) atoms. The lowest BCUT2D eigenvalue weighted by Crippen LogP contribution is -2.14. The number of carbonyl (C=O) groups excluding carboxylic acids is 1. The summed E-state index contributed by atoms with van der Waals surface area (Å²) >= 11 is 0. The number of para-hydroxylation sites is 1. The van der Waals surface area contributed by atoms with Crippen molar-refractivity contribution in [1.29, 1.82) is 0 Å². The molecule has 0 saturated carbocycles. The molecule has 0 unspecified atom stereocenters. The Morgan fingerprint density at radius 3 is 2.74 bits per heavy atom. The van der Waals surface area contributed by atoms with E-state index >= 15 is 0 Å². The fraction of sp³-hybridized carbons (Fsp3) is 0.167. The molecule has 0 fully saturated rings. The molecular weight excluding hydrogens is 352 g/mol. The van der Waals surface area contributed by atoms with E-state index in [-0.39, 0.29) is 17.9 Å². The lowest BCUT2D eigenvalue weighted by atomic mass is 10.1. The highest BCUT2D eigenvalue weighted by Crippen LogP contribution is 2.25. The second kappa shape index (κ2) is 7.65. The van der Waals surface area contributed by atoms with Crippen LogP contribution in [0, 0.1) is 24.0 Å². The number of nitrogens with zero attached hydrogens (tertiary/aromatic N) is 3. The van der Waals surface area contributed by atoms with E-state index in [9.17, 15) is 14.9 Å². The summed E-state index contributed by atoms with van der Waals surface area (Å²) in [7, 11) is 0. The van der Waals surface area contributed by atoms with Crippen molar-refractivity contribution in [2.24, 2.45) is 0 Å². The first-order valence-corrected chi connectivity index (χ1v) is 8.01. The maximum atomic E-state index is 12.7. The van der Waals surface area contributed by atoms with Gasteiger partial charge in [-0.05, 0) is 24.6 Å². The first kappa shape index (κ1) is 18.1. The van der Waals surface area contributed by atoms with Gasteiger partial charge in [0.1, 0.15) is 5.75 Å². The van der Waals surface area contributed by atoms with E-state index in [0.29, 0.717) is 28.7 Å². The largest absolute Gasteiger partial charge is 0.485 e. The van der Waals surface area contributed by atoms with E-state index in [0.717, 1.165) is 0 Å². The third-order valence-corrected chi connectivity index (χ3v) is 3.74. The Balaban J connectivity index is 1.79. The van der Waals surface area contributed by atoms with Crippen LogP contribution < -0.4 is 10.1 Å². The van der Waals surface area contributed by atoms with Crippen molar-refractivity contribution in [1.82, 2.24) is 10.1 Å². The second-order valence-electron chi connectivity index (χ2n) is 5.72. The number of benzene rings is 2. The van der Waals surface area contributed by atoms with Crippen LogP contribution in [0.1, 0.15) is 27.6 Å². The van der Waals surface area contributed by atoms with Gasteiger partial charge in [0.15, 0.2) is 6.61 Å². The molecule has 1 amide bonds. The number of aryl methyl sites for hydroxylation is 2. The molecule has 1 aromatic heterocycles. The Hall–Kier alpha value is -3.75. The molecule has 0 atom stereocenters. The number of nitrogens with one attached hydrogen (secondary N) is 1. The molecule has 0 aliphatic rings. The summed E-state index contributed by atoms with van der Waals surface area (Å²) < 4.78 is 10.5. The fourth-order valence-corrected chi connectivity index (χ4v) is 2.37. The van der Waals surface area contributed by atoms with Crippen LogP contribution in [-0.2, 0) is 6.61 Å². The molecule has 1 heterocycles. The van der Waals surface area contributed by atoms with Crippen molar-refractivity contribution in [3.8, 4) is 5.75 Å². The van der Waals surface area contributed by atoms with Crippen molar-refractivity contribution in [3.05, 3.63) is 75.4 Å². The lowest BCUT2D eigenvalue weighted by molar-refractivity contribution is -0.384. The van der Waals surface area contributed by atoms with E-state index in [4.69, 9.17) is 9.26 Å². The Morgan fingerprint density at radius 1 is 1.26 bits per heavy atom. The number of hydrogen-bond donors (Lipinski definition) is 1. The second-order valence-corrected chi connectivity index (χ2v) is 5.72. The molecule has 0 spiro atoms. The maximum Gasteiger partial charge on any atom is 0.271 e. The van der Waals surface area contributed by atoms with Crippen LogP contribution >= 0.6 is 0 Å². The lowest BCUT2D eigenvalue weighted by Gasteiger charge is -2.12. The Morgan fingerprint density at radius 2 is 2.04 bits per heavy atom. The predicted molar refractivity (Wildman–Crippen MR) is 95.6 cm³/mol. The van der Waals surface area contributed by atoms with E-state index in [1.54, 1.807) is 44.2 Å². The van der Waals surface area contributed by atoms with Crippen molar-refractivity contribution in [2.75, 3.05) is 5.32 Å². The molecule has 138 valence electrons. The van der Waals surface area contributed by atoms with Crippen molar-refractivity contribution in [3.63, 3.8) is 0 Å². The highest BCUT2D eigenvalue weighted by atomic mass is 16.6. The van der Waals surface area contributed by atoms with Crippen molar-refractivity contribution >= 4 is 17.3 Å². The van der Waals surface area contributed by atoms with Crippen LogP contribution in [0.15, 0.2) is 47.0 Å². The average molecular weight is 368 g/mol. The van der Waals surface area contributed by atoms with Gasteiger partial charge in [-0.2, -0.15) is 4.98 Å². The van der Waals surface area contributed by atoms with Crippen LogP contribution in [0.2, 0.25) is 0 Å². The molecular formula is C18H16N4O5. The van der Waals surface area contributed by atoms with Gasteiger partial charge >= 0.3 is 0 Å². The van der Waals surface area contributed by atoms with Crippen molar-refractivity contribution in [2.45, 2.75) is 20.5 Å². The fourth-order valence-electron chi connectivity index (χ4n) is 2.37. The summed E-state index contributed by atoms with van der Waals surface area (Å²) in [5, 5.41) is 17.4. The standard InChI is InChI=1S/C18H16N4O5/c1-11-7-8-13(22(24)25)9-15(11)20-18(23)14-5-3-4-6-16(14)26-10-17-19-12(2)27-21-17/h3-9H,10H2,1-2H3,(H,20,23). The summed E-state index contributed by atoms with van der Waals surface area (Å²) in [4.78, 5) is 27.1. The Bertz CT molecular complexity index is 999. The number of rotatable bonds is 6. The molecule has 0 radical (unpaired) electrons. The number of carbonyl (C=O) groups is 1. The zero-order valence-electron chi connectivity index (χ0n) is 14.6. The maximum absolute atomic E-state index is 12.7. The number of non-ortho nitro benzene ring substituents is 1. The molecule has 1 N–H and O–H groups in total. The molecule has 9 nitrogen and oxygen atoms in total. The molecule has 3 rings (SSSR count). The van der Waals surface area contributed by atoms with E-state index in [1.807, 2.05) is 0 Å². The molecule has 0 bridgehead atoms. The smallest absolute Gasteiger partial charge is 0.271 e. The van der Waals surface area contributed by atoms with Crippen LogP contribution in [0.25, 0.3) is 0 Å². The van der Waals surface area contributed by atoms with E-state index in [1.165, 1.54) is 12.1 Å². The van der Waals surface area contributed by atoms with Gasteiger partial charge in [0.2, 0.25) is 11.7 Å². The van der Waals surface area contributed by atoms with Crippen LogP contribution in [-0.4, -0.2) is 21.0 Å². The van der Waals surface area contributed by atoms with Gasteiger partial charge in [0.25, 0.3) is 11.6 Å². The summed E-state index contributed by atoms with van der Waals surface area (Å²) in [5.74, 6) is 0.664. The van der Waals surface area contributed by atoms with Gasteiger partial charge in [0.05, 0.1) is 16.2 Å². The number of amides is 1. The van der Waals surface area contributed by atoms with Gasteiger partial charge in [-0.15, -0.1) is 0 Å². The van der Waals surface area contributed by atoms with Crippen LogP contribution in [0.4, 0.5) is 11.4 Å². The van der Waals surface area contributed by atoms with E-state index < -0.39 is 10.8 Å². The Kier molecular flexibility index (Phi) is 5.11. The molecule has 0 aliphatic carbocycles. The first-order chi connectivity index (χ1) is 12.9. The third-order valence-electron chi connectivity index (χ3n) is 3.74. The van der Waals surface area contributed by atoms with Crippen LogP contribution in [0.5, 0.6) is 5.75 Å². The molecule has 9 heteroatoms. The number of nitro benzene ring substituents is 1. The monoisotopic (exact) mass is 368 g/mol. The summed E-state index contributed by atoms with van der Waals surface area (Å²) in [6, 6.07) is 10.9. The first-order valence-electron chi connectivity index (χ1n) is 8.01. The van der Waals surface area contributed by atoms with Gasteiger partial charge in [-0.25, -0.2) is 0 Å². The zero-order chi connectivity index (χ0) is 19.4.